The van der Waals surface area contributed by atoms with Crippen molar-refractivity contribution in [2.75, 3.05) is 10.6 Å². The Kier molecular flexibility index (Phi) is 11.3. The molecule has 0 saturated heterocycles. The molecule has 1 aromatic rings. The second kappa shape index (κ2) is 11.8. The number of anilines is 1. The summed E-state index contributed by atoms with van der Waals surface area (Å²) in [6.07, 6.45) is -0.115. The van der Waals surface area contributed by atoms with Gasteiger partial charge in [0.15, 0.2) is 6.10 Å². The van der Waals surface area contributed by atoms with Crippen molar-refractivity contribution in [2.45, 2.75) is 25.9 Å². The topological polar surface area (TPSA) is 89.5 Å². The molecule has 0 aliphatic carbocycles. The van der Waals surface area contributed by atoms with E-state index in [1.54, 1.807) is 0 Å². The summed E-state index contributed by atoms with van der Waals surface area (Å²) in [5.74, 6) is -1.17. The molecule has 148 valence electrons. The lowest BCUT2D eigenvalue weighted by Crippen LogP contribution is -2.33. The Morgan fingerprint density at radius 2 is 1.52 bits per heavy atom. The molecule has 0 aliphatic heterocycles. The predicted molar refractivity (Wildman–Crippen MR) is 132 cm³/mol. The zero-order valence-electron chi connectivity index (χ0n) is 13.5. The van der Waals surface area contributed by atoms with Gasteiger partial charge in [0, 0.05) is 15.8 Å². The summed E-state index contributed by atoms with van der Waals surface area (Å²) in [4.78, 5) is 47.6. The van der Waals surface area contributed by atoms with Crippen LogP contribution < -0.4 is 5.32 Å². The molecular weight excluding hydrogens is 806 g/mol. The molecule has 0 aliphatic rings. The zero-order chi connectivity index (χ0) is 20.9. The van der Waals surface area contributed by atoms with Gasteiger partial charge in [-0.3, -0.25) is 19.2 Å². The summed E-state index contributed by atoms with van der Waals surface area (Å²) in [5.41, 5.74) is 0.356. The van der Waals surface area contributed by atoms with Gasteiger partial charge in [0.2, 0.25) is 0 Å². The normalized spacial score (nSPS) is 11.7. The number of amides is 1. The number of rotatable bonds is 8. The van der Waals surface area contributed by atoms with Gasteiger partial charge >= 0.3 is 5.97 Å². The summed E-state index contributed by atoms with van der Waals surface area (Å²) in [6.45, 7) is 1.21. The van der Waals surface area contributed by atoms with Gasteiger partial charge in [-0.05, 0) is 104 Å². The predicted octanol–water partition coefficient (Wildman–Crippen LogP) is 5.30. The van der Waals surface area contributed by atoms with E-state index in [-0.39, 0.29) is 16.8 Å². The number of hydrogen-bond donors (Lipinski definition) is 1. The summed E-state index contributed by atoms with van der Waals surface area (Å²) in [7, 11) is 0. The first-order valence-electron chi connectivity index (χ1n) is 7.17. The summed E-state index contributed by atoms with van der Waals surface area (Å²) in [6, 6.07) is 0. The van der Waals surface area contributed by atoms with Crippen LogP contribution in [0.1, 0.15) is 40.5 Å². The lowest BCUT2D eigenvalue weighted by Gasteiger charge is -2.20. The number of benzene rings is 1. The standard InChI is InChI=1S/C15H11BrCl2I3NO5/c1-5(23)27-6(3-2-4-16)15(26)22-12-10(20)7(13(17)24)9(19)8(11(12)21)14(18)25/h6H,2-4H2,1H3,(H,22,26). The molecule has 0 radical (unpaired) electrons. The Balaban J connectivity index is 3.43. The highest BCUT2D eigenvalue weighted by molar-refractivity contribution is 14.1. The fourth-order valence-electron chi connectivity index (χ4n) is 2.03. The Labute approximate surface area is 214 Å². The molecule has 12 heteroatoms. The third kappa shape index (κ3) is 6.89. The number of ether oxygens (including phenoxy) is 1. The van der Waals surface area contributed by atoms with Gasteiger partial charge in [-0.2, -0.15) is 0 Å². The summed E-state index contributed by atoms with van der Waals surface area (Å²) in [5, 5.41) is 1.70. The van der Waals surface area contributed by atoms with Crippen LogP contribution in [0, 0.1) is 10.7 Å². The number of esters is 1. The number of carbonyl (C=O) groups excluding carboxylic acids is 4. The average molecular weight is 817 g/mol. The highest BCUT2D eigenvalue weighted by Crippen LogP contribution is 2.37. The van der Waals surface area contributed by atoms with Crippen molar-refractivity contribution in [3.05, 3.63) is 21.8 Å². The molecule has 0 fully saturated rings. The lowest BCUT2D eigenvalue weighted by molar-refractivity contribution is -0.152. The monoisotopic (exact) mass is 815 g/mol. The largest absolute Gasteiger partial charge is 0.452 e. The van der Waals surface area contributed by atoms with E-state index >= 15 is 0 Å². The number of alkyl halides is 1. The molecule has 0 heterocycles. The van der Waals surface area contributed by atoms with E-state index in [1.165, 1.54) is 6.92 Å². The molecule has 6 nitrogen and oxygen atoms in total. The fourth-order valence-corrected chi connectivity index (χ4v) is 7.78. The van der Waals surface area contributed by atoms with Crippen LogP contribution in [-0.2, 0) is 14.3 Å². The van der Waals surface area contributed by atoms with E-state index < -0.39 is 28.5 Å². The van der Waals surface area contributed by atoms with E-state index in [9.17, 15) is 19.2 Å². The molecule has 27 heavy (non-hydrogen) atoms. The van der Waals surface area contributed by atoms with Crippen LogP contribution in [0.2, 0.25) is 0 Å². The van der Waals surface area contributed by atoms with Crippen LogP contribution in [0.15, 0.2) is 0 Å². The molecule has 1 rings (SSSR count). The SMILES string of the molecule is CC(=O)OC(CCCBr)C(=O)Nc1c(I)c(C(=O)Cl)c(I)c(C(=O)Cl)c1I. The van der Waals surface area contributed by atoms with Gasteiger partial charge in [-0.15, -0.1) is 0 Å². The van der Waals surface area contributed by atoms with Crippen LogP contribution in [-0.4, -0.2) is 33.8 Å². The molecule has 1 aromatic carbocycles. The molecule has 1 atom stereocenters. The van der Waals surface area contributed by atoms with Crippen LogP contribution >= 0.6 is 107 Å². The quantitative estimate of drug-likeness (QED) is 0.167. The first-order valence-corrected chi connectivity index (χ1v) is 12.3. The van der Waals surface area contributed by atoms with Gasteiger partial charge in [-0.1, -0.05) is 15.9 Å². The van der Waals surface area contributed by atoms with Crippen LogP contribution in [0.5, 0.6) is 0 Å². The van der Waals surface area contributed by atoms with Crippen molar-refractivity contribution in [1.82, 2.24) is 0 Å². The third-order valence-electron chi connectivity index (χ3n) is 3.16. The van der Waals surface area contributed by atoms with Crippen molar-refractivity contribution in [1.29, 1.82) is 0 Å². The van der Waals surface area contributed by atoms with E-state index in [4.69, 9.17) is 27.9 Å². The Morgan fingerprint density at radius 1 is 1.04 bits per heavy atom. The molecule has 0 aromatic heterocycles. The van der Waals surface area contributed by atoms with Crippen molar-refractivity contribution in [3.8, 4) is 0 Å². The summed E-state index contributed by atoms with van der Waals surface area (Å²) < 4.78 is 6.10. The van der Waals surface area contributed by atoms with Crippen molar-refractivity contribution < 1.29 is 23.9 Å². The second-order valence-electron chi connectivity index (χ2n) is 5.03. The van der Waals surface area contributed by atoms with Gasteiger partial charge in [0.1, 0.15) is 0 Å². The van der Waals surface area contributed by atoms with Gasteiger partial charge < -0.3 is 10.1 Å². The third-order valence-corrected chi connectivity index (χ3v) is 7.33. The molecule has 1 unspecified atom stereocenters. The highest BCUT2D eigenvalue weighted by atomic mass is 127. The molecule has 0 saturated carbocycles. The summed E-state index contributed by atoms with van der Waals surface area (Å²) >= 11 is 20.1. The van der Waals surface area contributed by atoms with E-state index in [1.807, 2.05) is 67.8 Å². The zero-order valence-corrected chi connectivity index (χ0v) is 23.1. The molecule has 0 bridgehead atoms. The maximum absolute atomic E-state index is 12.7. The highest BCUT2D eigenvalue weighted by Gasteiger charge is 2.29. The smallest absolute Gasteiger partial charge is 0.303 e. The Hall–Kier alpha value is 0.750. The maximum Gasteiger partial charge on any atom is 0.303 e. The number of hydrogen-bond acceptors (Lipinski definition) is 5. The van der Waals surface area contributed by atoms with Crippen molar-refractivity contribution in [2.24, 2.45) is 0 Å². The van der Waals surface area contributed by atoms with Gasteiger partial charge in [0.05, 0.1) is 24.0 Å². The van der Waals surface area contributed by atoms with Crippen LogP contribution in [0.25, 0.3) is 0 Å². The molecular formula is C15H11BrCl2I3NO5. The van der Waals surface area contributed by atoms with E-state index in [0.29, 0.717) is 28.9 Å². The van der Waals surface area contributed by atoms with E-state index in [2.05, 4.69) is 21.2 Å². The van der Waals surface area contributed by atoms with Gasteiger partial charge in [-0.25, -0.2) is 0 Å². The Bertz CT molecular complexity index is 765. The average Bonchev–Trinajstić information content (AvgIpc) is 2.54. The second-order valence-corrected chi connectivity index (χ2v) is 9.75. The van der Waals surface area contributed by atoms with Crippen LogP contribution in [0.4, 0.5) is 5.69 Å². The van der Waals surface area contributed by atoms with Crippen molar-refractivity contribution in [3.63, 3.8) is 0 Å². The van der Waals surface area contributed by atoms with Gasteiger partial charge in [0.25, 0.3) is 16.4 Å². The maximum atomic E-state index is 12.7. The molecule has 1 amide bonds. The minimum atomic E-state index is -1.02. The first-order chi connectivity index (χ1) is 12.5. The number of halogens is 6. The minimum absolute atomic E-state index is 0.0714. The molecule has 1 N–H and O–H groups in total. The lowest BCUT2D eigenvalue weighted by atomic mass is 10.1. The van der Waals surface area contributed by atoms with Crippen molar-refractivity contribution >= 4 is 135 Å². The van der Waals surface area contributed by atoms with Crippen LogP contribution in [0.3, 0.4) is 0 Å². The number of carbonyl (C=O) groups is 4. The Morgan fingerprint density at radius 3 is 1.89 bits per heavy atom. The molecule has 0 spiro atoms. The van der Waals surface area contributed by atoms with E-state index in [0.717, 1.165) is 0 Å². The minimum Gasteiger partial charge on any atom is -0.452 e. The first kappa shape index (κ1) is 25.8. The fraction of sp³-hybridized carbons (Fsp3) is 0.333. The number of nitrogens with one attached hydrogen (secondary N) is 1.